The number of hydrogen-bond donors (Lipinski definition) is 2. The predicted molar refractivity (Wildman–Crippen MR) is 89.6 cm³/mol. The first-order valence-corrected chi connectivity index (χ1v) is 8.38. The summed E-state index contributed by atoms with van der Waals surface area (Å²) in [5.41, 5.74) is 6.74. The van der Waals surface area contributed by atoms with Crippen LogP contribution in [0.5, 0.6) is 0 Å². The zero-order valence-corrected chi connectivity index (χ0v) is 13.6. The minimum Gasteiger partial charge on any atom is -0.356 e. The van der Waals surface area contributed by atoms with E-state index in [4.69, 9.17) is 5.73 Å². The molecule has 0 spiro atoms. The summed E-state index contributed by atoms with van der Waals surface area (Å²) in [5.74, 6) is 1.02. The molecule has 1 unspecified atom stereocenters. The molecule has 1 atom stereocenters. The summed E-state index contributed by atoms with van der Waals surface area (Å²) < 4.78 is 0. The van der Waals surface area contributed by atoms with Crippen LogP contribution in [0.15, 0.2) is 18.3 Å². The molecule has 2 heterocycles. The van der Waals surface area contributed by atoms with Crippen LogP contribution < -0.4 is 16.0 Å². The Morgan fingerprint density at radius 1 is 1.32 bits per heavy atom. The molecule has 1 saturated heterocycles. The minimum atomic E-state index is -0.109. The van der Waals surface area contributed by atoms with Crippen molar-refractivity contribution in [2.75, 3.05) is 18.0 Å². The minimum absolute atomic E-state index is 0.00234. The monoisotopic (exact) mass is 304 g/mol. The molecule has 22 heavy (non-hydrogen) atoms. The van der Waals surface area contributed by atoms with E-state index in [2.05, 4.69) is 15.2 Å². The smallest absolute Gasteiger partial charge is 0.221 e. The molecule has 1 aliphatic heterocycles. The highest BCUT2D eigenvalue weighted by Crippen LogP contribution is 2.21. The summed E-state index contributed by atoms with van der Waals surface area (Å²) in [7, 11) is 0. The Morgan fingerprint density at radius 2 is 2.00 bits per heavy atom. The van der Waals surface area contributed by atoms with Gasteiger partial charge in [-0.1, -0.05) is 25.3 Å². The second-order valence-electron chi connectivity index (χ2n) is 6.20. The third-order valence-corrected chi connectivity index (χ3v) is 4.01. The van der Waals surface area contributed by atoms with Gasteiger partial charge in [0, 0.05) is 43.9 Å². The second-order valence-corrected chi connectivity index (χ2v) is 6.20. The number of carbonyl (C=O) groups is 1. The van der Waals surface area contributed by atoms with E-state index >= 15 is 0 Å². The molecule has 0 saturated carbocycles. The van der Waals surface area contributed by atoms with Crippen molar-refractivity contribution in [3.05, 3.63) is 23.9 Å². The summed E-state index contributed by atoms with van der Waals surface area (Å²) in [5, 5.41) is 2.95. The van der Waals surface area contributed by atoms with E-state index in [-0.39, 0.29) is 11.9 Å². The first-order chi connectivity index (χ1) is 10.7. The van der Waals surface area contributed by atoms with Crippen LogP contribution in [0, 0.1) is 0 Å². The van der Waals surface area contributed by atoms with Crippen LogP contribution in [0.25, 0.3) is 0 Å². The molecule has 0 aromatic carbocycles. The normalized spacial score (nSPS) is 17.5. The van der Waals surface area contributed by atoms with Gasteiger partial charge in [-0.25, -0.2) is 4.98 Å². The maximum Gasteiger partial charge on any atom is 0.221 e. The Balaban J connectivity index is 2.00. The number of aromatic nitrogens is 1. The van der Waals surface area contributed by atoms with Gasteiger partial charge in [0.05, 0.1) is 0 Å². The Morgan fingerprint density at radius 3 is 2.68 bits per heavy atom. The Hall–Kier alpha value is -1.62. The molecule has 0 bridgehead atoms. The number of amides is 1. The Bertz CT molecular complexity index is 467. The average molecular weight is 304 g/mol. The molecule has 3 N–H and O–H groups in total. The number of nitrogens with two attached hydrogens (primary N) is 1. The molecule has 5 nitrogen and oxygen atoms in total. The van der Waals surface area contributed by atoms with Gasteiger partial charge in [-0.2, -0.15) is 0 Å². The van der Waals surface area contributed by atoms with Crippen molar-refractivity contribution in [3.8, 4) is 0 Å². The largest absolute Gasteiger partial charge is 0.356 e. The maximum atomic E-state index is 11.8. The SMILES string of the molecule is CC(N)CC(=O)NCc1cccnc1N1CCCCCCC1. The third kappa shape index (κ3) is 5.30. The fourth-order valence-electron chi connectivity index (χ4n) is 2.87. The van der Waals surface area contributed by atoms with Crippen LogP contribution in [0.2, 0.25) is 0 Å². The topological polar surface area (TPSA) is 71.2 Å². The van der Waals surface area contributed by atoms with Gasteiger partial charge in [0.1, 0.15) is 5.82 Å². The zero-order chi connectivity index (χ0) is 15.8. The number of carbonyl (C=O) groups excluding carboxylic acids is 1. The van der Waals surface area contributed by atoms with E-state index in [0.717, 1.165) is 24.5 Å². The summed E-state index contributed by atoms with van der Waals surface area (Å²) in [6, 6.07) is 3.87. The third-order valence-electron chi connectivity index (χ3n) is 4.01. The van der Waals surface area contributed by atoms with E-state index in [1.807, 2.05) is 25.3 Å². The van der Waals surface area contributed by atoms with Gasteiger partial charge < -0.3 is 16.0 Å². The van der Waals surface area contributed by atoms with Gasteiger partial charge in [0.15, 0.2) is 0 Å². The molecule has 1 aliphatic rings. The van der Waals surface area contributed by atoms with Crippen molar-refractivity contribution in [1.82, 2.24) is 10.3 Å². The van der Waals surface area contributed by atoms with Crippen molar-refractivity contribution in [2.24, 2.45) is 5.73 Å². The molecule has 0 aliphatic carbocycles. The Labute approximate surface area is 133 Å². The van der Waals surface area contributed by atoms with Gasteiger partial charge in [-0.3, -0.25) is 4.79 Å². The highest BCUT2D eigenvalue weighted by molar-refractivity contribution is 5.76. The summed E-state index contributed by atoms with van der Waals surface area (Å²) in [6.07, 6.45) is 8.56. The van der Waals surface area contributed by atoms with Crippen LogP contribution in [0.1, 0.15) is 51.0 Å². The molecular formula is C17H28N4O. The van der Waals surface area contributed by atoms with Crippen molar-refractivity contribution in [3.63, 3.8) is 0 Å². The lowest BCUT2D eigenvalue weighted by molar-refractivity contribution is -0.121. The summed E-state index contributed by atoms with van der Waals surface area (Å²) >= 11 is 0. The van der Waals surface area contributed by atoms with Crippen molar-refractivity contribution >= 4 is 11.7 Å². The van der Waals surface area contributed by atoms with E-state index in [9.17, 15) is 4.79 Å². The van der Waals surface area contributed by atoms with Gasteiger partial charge in [0.2, 0.25) is 5.91 Å². The second kappa shape index (κ2) is 8.73. The highest BCUT2D eigenvalue weighted by Gasteiger charge is 2.14. The molecule has 2 rings (SSSR count). The lowest BCUT2D eigenvalue weighted by atomic mass is 10.1. The number of rotatable bonds is 5. The summed E-state index contributed by atoms with van der Waals surface area (Å²) in [4.78, 5) is 18.7. The van der Waals surface area contributed by atoms with Crippen molar-refractivity contribution in [2.45, 2.75) is 58.0 Å². The fourth-order valence-corrected chi connectivity index (χ4v) is 2.87. The molecule has 1 aromatic heterocycles. The Kier molecular flexibility index (Phi) is 6.65. The number of anilines is 1. The quantitative estimate of drug-likeness (QED) is 0.875. The molecule has 1 fully saturated rings. The number of nitrogens with zero attached hydrogens (tertiary/aromatic N) is 2. The van der Waals surface area contributed by atoms with Gasteiger partial charge in [-0.05, 0) is 25.8 Å². The van der Waals surface area contributed by atoms with Gasteiger partial charge in [-0.15, -0.1) is 0 Å². The zero-order valence-electron chi connectivity index (χ0n) is 13.6. The number of hydrogen-bond acceptors (Lipinski definition) is 4. The first kappa shape index (κ1) is 16.7. The van der Waals surface area contributed by atoms with E-state index in [1.165, 1.54) is 32.1 Å². The molecule has 1 aromatic rings. The molecule has 122 valence electrons. The van der Waals surface area contributed by atoms with Gasteiger partial charge in [0.25, 0.3) is 0 Å². The maximum absolute atomic E-state index is 11.8. The molecule has 0 radical (unpaired) electrons. The van der Waals surface area contributed by atoms with Crippen LogP contribution in [0.4, 0.5) is 5.82 Å². The summed E-state index contributed by atoms with van der Waals surface area (Å²) in [6.45, 7) is 4.47. The van der Waals surface area contributed by atoms with E-state index in [1.54, 1.807) is 0 Å². The lowest BCUT2D eigenvalue weighted by Crippen LogP contribution is -2.32. The van der Waals surface area contributed by atoms with Crippen molar-refractivity contribution in [1.29, 1.82) is 0 Å². The molecule has 1 amide bonds. The highest BCUT2D eigenvalue weighted by atomic mass is 16.1. The van der Waals surface area contributed by atoms with E-state index < -0.39 is 0 Å². The number of pyridine rings is 1. The molecule has 5 heteroatoms. The fraction of sp³-hybridized carbons (Fsp3) is 0.647. The van der Waals surface area contributed by atoms with Crippen LogP contribution >= 0.6 is 0 Å². The van der Waals surface area contributed by atoms with Crippen molar-refractivity contribution < 1.29 is 4.79 Å². The number of nitrogens with one attached hydrogen (secondary N) is 1. The first-order valence-electron chi connectivity index (χ1n) is 8.38. The molecular weight excluding hydrogens is 276 g/mol. The van der Waals surface area contributed by atoms with Gasteiger partial charge >= 0.3 is 0 Å². The van der Waals surface area contributed by atoms with Crippen LogP contribution in [0.3, 0.4) is 0 Å². The van der Waals surface area contributed by atoms with Crippen LogP contribution in [-0.2, 0) is 11.3 Å². The lowest BCUT2D eigenvalue weighted by Gasteiger charge is -2.27. The van der Waals surface area contributed by atoms with Crippen LogP contribution in [-0.4, -0.2) is 30.0 Å². The average Bonchev–Trinajstić information content (AvgIpc) is 2.45. The standard InChI is InChI=1S/C17H28N4O/c1-14(18)12-16(22)20-13-15-8-7-9-19-17(15)21-10-5-3-2-4-6-11-21/h7-9,14H,2-6,10-13,18H2,1H3,(H,20,22). The predicted octanol–water partition coefficient (Wildman–Crippen LogP) is 2.21. The van der Waals surface area contributed by atoms with E-state index in [0.29, 0.717) is 13.0 Å².